The van der Waals surface area contributed by atoms with Crippen LogP contribution in [0.25, 0.3) is 11.4 Å². The lowest BCUT2D eigenvalue weighted by Gasteiger charge is -2.07. The van der Waals surface area contributed by atoms with Crippen LogP contribution in [0.2, 0.25) is 0 Å². The van der Waals surface area contributed by atoms with Gasteiger partial charge in [0.2, 0.25) is 0 Å². The summed E-state index contributed by atoms with van der Waals surface area (Å²) in [5.74, 6) is 2.16. The highest BCUT2D eigenvalue weighted by Crippen LogP contribution is 2.16. The summed E-state index contributed by atoms with van der Waals surface area (Å²) in [7, 11) is 3.51. The molecule has 6 heteroatoms. The Morgan fingerprint density at radius 3 is 2.68 bits per heavy atom. The Labute approximate surface area is 146 Å². The predicted molar refractivity (Wildman–Crippen MR) is 95.5 cm³/mol. The third kappa shape index (κ3) is 3.85. The molecule has 3 aromatic rings. The predicted octanol–water partition coefficient (Wildman–Crippen LogP) is 2.46. The number of hydrogen-bond donors (Lipinski definition) is 1. The number of amides is 1. The molecule has 0 spiro atoms. The summed E-state index contributed by atoms with van der Waals surface area (Å²) < 4.78 is 7.09. The van der Waals surface area contributed by atoms with E-state index >= 15 is 0 Å². The Morgan fingerprint density at radius 2 is 1.92 bits per heavy atom. The fraction of sp³-hybridized carbons (Fsp3) is 0.211. The number of ether oxygens (including phenoxy) is 1. The highest BCUT2D eigenvalue weighted by atomic mass is 16.5. The van der Waals surface area contributed by atoms with Gasteiger partial charge in [-0.25, -0.2) is 0 Å². The Morgan fingerprint density at radius 1 is 1.12 bits per heavy atom. The lowest BCUT2D eigenvalue weighted by Crippen LogP contribution is -2.26. The molecule has 0 bridgehead atoms. The van der Waals surface area contributed by atoms with Gasteiger partial charge in [0.15, 0.2) is 5.82 Å². The van der Waals surface area contributed by atoms with Gasteiger partial charge in [0.05, 0.1) is 7.11 Å². The monoisotopic (exact) mass is 336 g/mol. The van der Waals surface area contributed by atoms with Crippen molar-refractivity contribution in [2.45, 2.75) is 6.42 Å². The van der Waals surface area contributed by atoms with Crippen LogP contribution in [0.3, 0.4) is 0 Å². The summed E-state index contributed by atoms with van der Waals surface area (Å²) in [5, 5.41) is 11.4. The van der Waals surface area contributed by atoms with Gasteiger partial charge in [-0.3, -0.25) is 4.79 Å². The number of benzene rings is 2. The first-order valence-electron chi connectivity index (χ1n) is 8.05. The summed E-state index contributed by atoms with van der Waals surface area (Å²) in [6, 6.07) is 17.0. The Bertz CT molecular complexity index is 859. The van der Waals surface area contributed by atoms with E-state index in [1.54, 1.807) is 31.4 Å². The number of nitrogens with zero attached hydrogens (tertiary/aromatic N) is 3. The first-order chi connectivity index (χ1) is 12.2. The van der Waals surface area contributed by atoms with Gasteiger partial charge < -0.3 is 14.6 Å². The molecule has 2 aromatic carbocycles. The fourth-order valence-corrected chi connectivity index (χ4v) is 2.57. The second kappa shape index (κ2) is 7.61. The van der Waals surface area contributed by atoms with Gasteiger partial charge in [-0.2, -0.15) is 0 Å². The molecule has 1 amide bonds. The van der Waals surface area contributed by atoms with Gasteiger partial charge in [-0.1, -0.05) is 36.4 Å². The molecule has 1 heterocycles. The van der Waals surface area contributed by atoms with Crippen molar-refractivity contribution in [2.24, 2.45) is 7.05 Å². The van der Waals surface area contributed by atoms with Crippen LogP contribution < -0.4 is 10.1 Å². The molecule has 0 saturated carbocycles. The maximum Gasteiger partial charge on any atom is 0.251 e. The van der Waals surface area contributed by atoms with Crippen LogP contribution in [0, 0.1) is 0 Å². The van der Waals surface area contributed by atoms with Crippen LogP contribution in [0.4, 0.5) is 0 Å². The number of aromatic nitrogens is 3. The lowest BCUT2D eigenvalue weighted by atomic mass is 10.2. The summed E-state index contributed by atoms with van der Waals surface area (Å²) in [6.07, 6.45) is 0.603. The van der Waals surface area contributed by atoms with Crippen LogP contribution in [-0.2, 0) is 13.5 Å². The molecule has 128 valence electrons. The number of nitrogens with one attached hydrogen (secondary N) is 1. The van der Waals surface area contributed by atoms with Gasteiger partial charge in [-0.05, 0) is 18.2 Å². The largest absolute Gasteiger partial charge is 0.497 e. The molecular formula is C19H20N4O2. The zero-order chi connectivity index (χ0) is 17.6. The first kappa shape index (κ1) is 16.7. The molecule has 0 aliphatic carbocycles. The zero-order valence-electron chi connectivity index (χ0n) is 14.3. The minimum Gasteiger partial charge on any atom is -0.497 e. The maximum absolute atomic E-state index is 12.2. The Hall–Kier alpha value is -3.15. The molecule has 6 nitrogen and oxygen atoms in total. The number of carbonyl (C=O) groups excluding carboxylic acids is 1. The van der Waals surface area contributed by atoms with E-state index in [0.29, 0.717) is 24.3 Å². The smallest absolute Gasteiger partial charge is 0.251 e. The van der Waals surface area contributed by atoms with Crippen molar-refractivity contribution in [2.75, 3.05) is 13.7 Å². The van der Waals surface area contributed by atoms with E-state index in [0.717, 1.165) is 17.2 Å². The minimum atomic E-state index is -0.135. The van der Waals surface area contributed by atoms with Gasteiger partial charge >= 0.3 is 0 Å². The third-order valence-electron chi connectivity index (χ3n) is 3.96. The molecule has 0 fully saturated rings. The third-order valence-corrected chi connectivity index (χ3v) is 3.96. The van der Waals surface area contributed by atoms with Gasteiger partial charge in [0.25, 0.3) is 5.91 Å². The quantitative estimate of drug-likeness (QED) is 0.751. The zero-order valence-corrected chi connectivity index (χ0v) is 14.3. The SMILES string of the molecule is COc1cccc(C(=O)NCCc2nnc(-c3ccccc3)n2C)c1. The standard InChI is InChI=1S/C19H20N4O2/c1-23-17(21-22-18(23)14-7-4-3-5-8-14)11-12-20-19(24)15-9-6-10-16(13-15)25-2/h3-10,13H,11-12H2,1-2H3,(H,20,24). The van der Waals surface area contributed by atoms with Crippen LogP contribution in [0.1, 0.15) is 16.2 Å². The van der Waals surface area contributed by atoms with Crippen molar-refractivity contribution in [3.8, 4) is 17.1 Å². The lowest BCUT2D eigenvalue weighted by molar-refractivity contribution is 0.0953. The van der Waals surface area contributed by atoms with Crippen molar-refractivity contribution in [1.82, 2.24) is 20.1 Å². The van der Waals surface area contributed by atoms with Gasteiger partial charge in [-0.15, -0.1) is 10.2 Å². The molecule has 0 radical (unpaired) electrons. The summed E-state index contributed by atoms with van der Waals surface area (Å²) >= 11 is 0. The van der Waals surface area contributed by atoms with Crippen LogP contribution in [0.15, 0.2) is 54.6 Å². The summed E-state index contributed by atoms with van der Waals surface area (Å²) in [4.78, 5) is 12.2. The van der Waals surface area contributed by atoms with E-state index in [-0.39, 0.29) is 5.91 Å². The molecule has 0 atom stereocenters. The van der Waals surface area contributed by atoms with Crippen molar-refractivity contribution in [1.29, 1.82) is 0 Å². The van der Waals surface area contributed by atoms with Crippen molar-refractivity contribution in [3.63, 3.8) is 0 Å². The average Bonchev–Trinajstić information content (AvgIpc) is 3.03. The van der Waals surface area contributed by atoms with E-state index in [2.05, 4.69) is 15.5 Å². The molecule has 1 N–H and O–H groups in total. The molecule has 0 saturated heterocycles. The van der Waals surface area contributed by atoms with Gasteiger partial charge in [0.1, 0.15) is 11.6 Å². The molecule has 1 aromatic heterocycles. The molecule has 25 heavy (non-hydrogen) atoms. The number of methoxy groups -OCH3 is 1. The highest BCUT2D eigenvalue weighted by Gasteiger charge is 2.11. The molecule has 0 aliphatic rings. The van der Waals surface area contributed by atoms with Crippen molar-refractivity contribution >= 4 is 5.91 Å². The van der Waals surface area contributed by atoms with Gasteiger partial charge in [0, 0.05) is 31.1 Å². The van der Waals surface area contributed by atoms with E-state index < -0.39 is 0 Å². The molecule has 3 rings (SSSR count). The average molecular weight is 336 g/mol. The van der Waals surface area contributed by atoms with Crippen LogP contribution in [0.5, 0.6) is 5.75 Å². The maximum atomic E-state index is 12.2. The van der Waals surface area contributed by atoms with Crippen molar-refractivity contribution in [3.05, 3.63) is 66.0 Å². The molecular weight excluding hydrogens is 316 g/mol. The summed E-state index contributed by atoms with van der Waals surface area (Å²) in [6.45, 7) is 0.483. The molecule has 0 unspecified atom stereocenters. The number of hydrogen-bond acceptors (Lipinski definition) is 4. The Kier molecular flexibility index (Phi) is 5.09. The van der Waals surface area contributed by atoms with E-state index in [9.17, 15) is 4.79 Å². The van der Waals surface area contributed by atoms with Crippen LogP contribution in [-0.4, -0.2) is 34.3 Å². The second-order valence-corrected chi connectivity index (χ2v) is 5.60. The van der Waals surface area contributed by atoms with E-state index in [1.807, 2.05) is 41.9 Å². The van der Waals surface area contributed by atoms with Crippen molar-refractivity contribution < 1.29 is 9.53 Å². The Balaban J connectivity index is 1.61. The fourth-order valence-electron chi connectivity index (χ4n) is 2.57. The second-order valence-electron chi connectivity index (χ2n) is 5.60. The molecule has 0 aliphatic heterocycles. The summed E-state index contributed by atoms with van der Waals surface area (Å²) in [5.41, 5.74) is 1.59. The first-order valence-corrected chi connectivity index (χ1v) is 8.05. The van der Waals surface area contributed by atoms with Crippen LogP contribution >= 0.6 is 0 Å². The highest BCUT2D eigenvalue weighted by molar-refractivity contribution is 5.94. The van der Waals surface area contributed by atoms with E-state index in [4.69, 9.17) is 4.74 Å². The normalized spacial score (nSPS) is 10.5. The topological polar surface area (TPSA) is 69.0 Å². The minimum absolute atomic E-state index is 0.135. The van der Waals surface area contributed by atoms with E-state index in [1.165, 1.54) is 0 Å². The number of carbonyl (C=O) groups is 1. The number of rotatable bonds is 6.